The number of carbonyl (C=O) groups excluding carboxylic acids is 3. The lowest BCUT2D eigenvalue weighted by Crippen LogP contribution is -2.29. The molecule has 0 aliphatic carbocycles. The van der Waals surface area contributed by atoms with Gasteiger partial charge in [-0.3, -0.25) is 9.59 Å². The van der Waals surface area contributed by atoms with Crippen molar-refractivity contribution >= 4 is 23.7 Å². The number of ether oxygens (including phenoxy) is 2. The molecule has 0 aromatic heterocycles. The molecule has 188 valence electrons. The Labute approximate surface area is 199 Å². The minimum Gasteiger partial charge on any atom is -0.507 e. The summed E-state index contributed by atoms with van der Waals surface area (Å²) in [5.41, 5.74) is 0.570. The summed E-state index contributed by atoms with van der Waals surface area (Å²) in [4.78, 5) is 38.3. The van der Waals surface area contributed by atoms with E-state index in [1.54, 1.807) is 36.1 Å². The van der Waals surface area contributed by atoms with E-state index in [1.807, 2.05) is 13.0 Å². The van der Waals surface area contributed by atoms with Gasteiger partial charge in [0.15, 0.2) is 5.78 Å². The van der Waals surface area contributed by atoms with Crippen molar-refractivity contribution in [2.45, 2.75) is 52.1 Å². The van der Waals surface area contributed by atoms with Gasteiger partial charge in [-0.05, 0) is 43.9 Å². The number of hydrogen-bond acceptors (Lipinski definition) is 6. The van der Waals surface area contributed by atoms with Crippen molar-refractivity contribution in [1.82, 2.24) is 4.90 Å². The number of phenolic OH excluding ortho intramolecular Hbond substituents is 1. The Hall–Kier alpha value is -3.17. The van der Waals surface area contributed by atoms with Crippen LogP contribution < -0.4 is 4.74 Å². The van der Waals surface area contributed by atoms with Crippen LogP contribution in [0.2, 0.25) is 0 Å². The summed E-state index contributed by atoms with van der Waals surface area (Å²) in [5, 5.41) is 10.6. The van der Waals surface area contributed by atoms with Crippen LogP contribution >= 0.6 is 0 Å². The van der Waals surface area contributed by atoms with E-state index in [0.29, 0.717) is 50.1 Å². The zero-order valence-corrected chi connectivity index (χ0v) is 19.7. The third-order valence-electron chi connectivity index (χ3n) is 5.84. The summed E-state index contributed by atoms with van der Waals surface area (Å²) in [6, 6.07) is 3.08. The van der Waals surface area contributed by atoms with E-state index >= 15 is 0 Å². The van der Waals surface area contributed by atoms with Crippen molar-refractivity contribution in [3.8, 4) is 11.5 Å². The maximum atomic E-state index is 12.9. The summed E-state index contributed by atoms with van der Waals surface area (Å²) in [6.45, 7) is 5.14. The number of hydrogen-bond donors (Lipinski definition) is 1. The number of rotatable bonds is 4. The molecule has 2 aliphatic rings. The lowest BCUT2D eigenvalue weighted by atomic mass is 10.0. The third kappa shape index (κ3) is 7.71. The Bertz CT molecular complexity index is 924. The molecule has 1 fully saturated rings. The average Bonchev–Trinajstić information content (AvgIpc) is 3.15. The van der Waals surface area contributed by atoms with Crippen LogP contribution in [-0.4, -0.2) is 64.4 Å². The molecule has 0 saturated carbocycles. The number of benzene rings is 1. The van der Waals surface area contributed by atoms with E-state index in [2.05, 4.69) is 0 Å². The van der Waals surface area contributed by atoms with Gasteiger partial charge in [0.1, 0.15) is 29.8 Å². The van der Waals surface area contributed by atoms with E-state index in [0.717, 1.165) is 13.0 Å². The van der Waals surface area contributed by atoms with Gasteiger partial charge >= 0.3 is 5.97 Å². The van der Waals surface area contributed by atoms with Crippen LogP contribution in [0.1, 0.15) is 61.9 Å². The van der Waals surface area contributed by atoms with Crippen molar-refractivity contribution < 1.29 is 39.9 Å². The molecular formula is C25H35NO8. The molecule has 5 N–H and O–H groups in total. The SMILES string of the molecule is C[C@@H]1/C=C\C(=O)CCC/C=C/c2cc(OCCN3CCCC3=O)cc(O)c2C(=O)O[C@H]1C.O.O. The fraction of sp³-hybridized carbons (Fsp3) is 0.480. The molecule has 1 aromatic carbocycles. The maximum Gasteiger partial charge on any atom is 0.342 e. The standard InChI is InChI=1S/C25H31NO6.2H2O/c1-17-10-11-20(27)8-5-3-4-7-19-15-21(31-14-13-26-12-6-9-23(26)29)16-22(28)24(19)25(30)32-18(17)2;;/h4,7,10-11,15-18,28H,3,5-6,8-9,12-14H2,1-2H3;2*1H2/b7-4+,11-10-;;/t17-,18+;;/m1../s1. The number of cyclic esters (lactones) is 1. The summed E-state index contributed by atoms with van der Waals surface area (Å²) in [5.74, 6) is -0.419. The molecule has 9 heteroatoms. The van der Waals surface area contributed by atoms with Gasteiger partial charge in [-0.15, -0.1) is 0 Å². The average molecular weight is 478 g/mol. The van der Waals surface area contributed by atoms with Gasteiger partial charge in [-0.2, -0.15) is 0 Å². The first-order valence-corrected chi connectivity index (χ1v) is 11.2. The number of allylic oxidation sites excluding steroid dienone is 2. The number of phenols is 1. The topological polar surface area (TPSA) is 156 Å². The van der Waals surface area contributed by atoms with Gasteiger partial charge < -0.3 is 30.4 Å². The number of ketones is 1. The summed E-state index contributed by atoms with van der Waals surface area (Å²) < 4.78 is 11.3. The van der Waals surface area contributed by atoms with Crippen LogP contribution in [0.4, 0.5) is 0 Å². The van der Waals surface area contributed by atoms with Gasteiger partial charge in [0.25, 0.3) is 0 Å². The number of fused-ring (bicyclic) bond motifs is 1. The molecule has 0 bridgehead atoms. The smallest absolute Gasteiger partial charge is 0.342 e. The molecule has 0 radical (unpaired) electrons. The second-order valence-corrected chi connectivity index (χ2v) is 8.33. The first-order chi connectivity index (χ1) is 15.3. The van der Waals surface area contributed by atoms with Crippen LogP contribution in [0, 0.1) is 5.92 Å². The zero-order chi connectivity index (χ0) is 23.1. The predicted molar refractivity (Wildman–Crippen MR) is 128 cm³/mol. The van der Waals surface area contributed by atoms with E-state index in [1.165, 1.54) is 6.07 Å². The second-order valence-electron chi connectivity index (χ2n) is 8.33. The molecule has 0 unspecified atom stereocenters. The van der Waals surface area contributed by atoms with Gasteiger partial charge in [0.2, 0.25) is 5.91 Å². The predicted octanol–water partition coefficient (Wildman–Crippen LogP) is 2.25. The Kier molecular flexibility index (Phi) is 11.5. The lowest BCUT2D eigenvalue weighted by Gasteiger charge is -2.20. The van der Waals surface area contributed by atoms with E-state index in [-0.39, 0.29) is 39.9 Å². The Morgan fingerprint density at radius 1 is 1.09 bits per heavy atom. The number of amides is 1. The molecule has 1 saturated heterocycles. The van der Waals surface area contributed by atoms with E-state index < -0.39 is 12.1 Å². The molecule has 1 aromatic rings. The van der Waals surface area contributed by atoms with Crippen LogP contribution in [-0.2, 0) is 14.3 Å². The summed E-state index contributed by atoms with van der Waals surface area (Å²) in [7, 11) is 0. The number of esters is 1. The molecule has 1 amide bonds. The highest BCUT2D eigenvalue weighted by Gasteiger charge is 2.23. The third-order valence-corrected chi connectivity index (χ3v) is 5.84. The van der Waals surface area contributed by atoms with Crippen LogP contribution in [0.3, 0.4) is 0 Å². The van der Waals surface area contributed by atoms with Gasteiger partial charge in [-0.1, -0.05) is 25.2 Å². The Morgan fingerprint density at radius 2 is 1.85 bits per heavy atom. The zero-order valence-electron chi connectivity index (χ0n) is 19.7. The summed E-state index contributed by atoms with van der Waals surface area (Å²) >= 11 is 0. The molecule has 3 rings (SSSR count). The largest absolute Gasteiger partial charge is 0.507 e. The second kappa shape index (κ2) is 13.5. The van der Waals surface area contributed by atoms with Gasteiger partial charge in [0.05, 0.1) is 6.54 Å². The van der Waals surface area contributed by atoms with E-state index in [4.69, 9.17) is 9.47 Å². The van der Waals surface area contributed by atoms with Crippen LogP contribution in [0.25, 0.3) is 6.08 Å². The first kappa shape index (κ1) is 28.9. The van der Waals surface area contributed by atoms with E-state index in [9.17, 15) is 19.5 Å². The lowest BCUT2D eigenvalue weighted by molar-refractivity contribution is -0.128. The minimum atomic E-state index is -0.632. The van der Waals surface area contributed by atoms with Crippen molar-refractivity contribution in [2.75, 3.05) is 19.7 Å². The normalized spacial score (nSPS) is 23.0. The van der Waals surface area contributed by atoms with Crippen molar-refractivity contribution in [1.29, 1.82) is 0 Å². The Balaban J connectivity index is 0.00000289. The van der Waals surface area contributed by atoms with Crippen LogP contribution in [0.5, 0.6) is 11.5 Å². The first-order valence-electron chi connectivity index (χ1n) is 11.2. The highest BCUT2D eigenvalue weighted by Crippen LogP contribution is 2.31. The minimum absolute atomic E-state index is 0. The number of nitrogens with zero attached hydrogens (tertiary/aromatic N) is 1. The van der Waals surface area contributed by atoms with Crippen molar-refractivity contribution in [3.05, 3.63) is 41.5 Å². The molecule has 34 heavy (non-hydrogen) atoms. The Morgan fingerprint density at radius 3 is 2.56 bits per heavy atom. The van der Waals surface area contributed by atoms with Crippen molar-refractivity contribution in [3.63, 3.8) is 0 Å². The molecule has 2 atom stereocenters. The number of aromatic hydroxyl groups is 1. The molecular weight excluding hydrogens is 442 g/mol. The van der Waals surface area contributed by atoms with Gasteiger partial charge in [0, 0.05) is 31.4 Å². The highest BCUT2D eigenvalue weighted by atomic mass is 16.5. The fourth-order valence-electron chi connectivity index (χ4n) is 3.71. The van der Waals surface area contributed by atoms with Gasteiger partial charge in [-0.25, -0.2) is 4.79 Å². The molecule has 0 spiro atoms. The number of likely N-dealkylation sites (tertiary alicyclic amines) is 1. The van der Waals surface area contributed by atoms with Crippen molar-refractivity contribution in [2.24, 2.45) is 5.92 Å². The molecule has 2 heterocycles. The fourth-order valence-corrected chi connectivity index (χ4v) is 3.71. The number of carbonyl (C=O) groups is 3. The monoisotopic (exact) mass is 477 g/mol. The quantitative estimate of drug-likeness (QED) is 0.655. The summed E-state index contributed by atoms with van der Waals surface area (Å²) in [6.07, 6.45) is 9.67. The highest BCUT2D eigenvalue weighted by molar-refractivity contribution is 5.97. The molecule has 9 nitrogen and oxygen atoms in total. The van der Waals surface area contributed by atoms with Crippen LogP contribution in [0.15, 0.2) is 30.4 Å². The maximum absolute atomic E-state index is 12.9. The molecule has 2 aliphatic heterocycles.